The third-order valence-corrected chi connectivity index (χ3v) is 4.36. The minimum Gasteiger partial charge on any atom is -0.341 e. The number of aromatic amines is 1. The zero-order valence-corrected chi connectivity index (χ0v) is 12.9. The second-order valence-electron chi connectivity index (χ2n) is 5.86. The Morgan fingerprint density at radius 2 is 2.00 bits per heavy atom. The number of carbonyl (C=O) groups is 1. The molecule has 2 heterocycles. The van der Waals surface area contributed by atoms with Gasteiger partial charge in [-0.05, 0) is 31.5 Å². The van der Waals surface area contributed by atoms with E-state index in [-0.39, 0.29) is 11.9 Å². The predicted octanol–water partition coefficient (Wildman–Crippen LogP) is 2.10. The van der Waals surface area contributed by atoms with E-state index in [9.17, 15) is 4.79 Å². The lowest BCUT2D eigenvalue weighted by Gasteiger charge is -2.36. The van der Waals surface area contributed by atoms with E-state index in [1.165, 1.54) is 5.56 Å². The second-order valence-corrected chi connectivity index (χ2v) is 5.86. The lowest BCUT2D eigenvalue weighted by atomic mass is 10.2. The number of carbonyl (C=O) groups excluding carboxylic acids is 1. The van der Waals surface area contributed by atoms with Gasteiger partial charge in [0.15, 0.2) is 0 Å². The van der Waals surface area contributed by atoms with E-state index in [0.29, 0.717) is 0 Å². The van der Waals surface area contributed by atoms with Crippen LogP contribution in [-0.4, -0.2) is 51.9 Å². The maximum absolute atomic E-state index is 11.4. The number of hydrogen-bond acceptors (Lipinski definition) is 3. The Kier molecular flexibility index (Phi) is 3.68. The molecule has 21 heavy (non-hydrogen) atoms. The number of amides is 1. The van der Waals surface area contributed by atoms with E-state index >= 15 is 0 Å². The highest BCUT2D eigenvalue weighted by Gasteiger charge is 2.24. The summed E-state index contributed by atoms with van der Waals surface area (Å²) < 4.78 is 0. The monoisotopic (exact) mass is 286 g/mol. The molecular formula is C16H22N4O. The standard InChI is InChI=1S/C16H22N4O/c1-11-4-5-14-15(10-11)18-16(17-14)12(2)19-6-8-20(9-7-19)13(3)21/h4-5,10,12H,6-9H2,1-3H3,(H,17,18). The number of nitrogens with one attached hydrogen (secondary N) is 1. The number of H-pyrrole nitrogens is 1. The van der Waals surface area contributed by atoms with Gasteiger partial charge in [0.2, 0.25) is 5.91 Å². The molecule has 1 aromatic carbocycles. The molecule has 1 amide bonds. The summed E-state index contributed by atoms with van der Waals surface area (Å²) in [6.45, 7) is 9.31. The summed E-state index contributed by atoms with van der Waals surface area (Å²) in [6.07, 6.45) is 0. The summed E-state index contributed by atoms with van der Waals surface area (Å²) in [4.78, 5) is 23.8. The highest BCUT2D eigenvalue weighted by atomic mass is 16.2. The van der Waals surface area contributed by atoms with Gasteiger partial charge >= 0.3 is 0 Å². The van der Waals surface area contributed by atoms with Gasteiger partial charge in [-0.3, -0.25) is 9.69 Å². The van der Waals surface area contributed by atoms with Gasteiger partial charge in [-0.2, -0.15) is 0 Å². The van der Waals surface area contributed by atoms with E-state index in [0.717, 1.165) is 43.0 Å². The molecule has 5 nitrogen and oxygen atoms in total. The van der Waals surface area contributed by atoms with Crippen LogP contribution in [0.15, 0.2) is 18.2 Å². The minimum absolute atomic E-state index is 0.168. The van der Waals surface area contributed by atoms with Crippen molar-refractivity contribution in [3.63, 3.8) is 0 Å². The average molecular weight is 286 g/mol. The van der Waals surface area contributed by atoms with Crippen LogP contribution < -0.4 is 0 Å². The Balaban J connectivity index is 1.75. The molecule has 0 saturated carbocycles. The van der Waals surface area contributed by atoms with Crippen molar-refractivity contribution in [1.82, 2.24) is 19.8 Å². The normalized spacial score (nSPS) is 18.1. The number of aryl methyl sites for hydroxylation is 1. The molecular weight excluding hydrogens is 264 g/mol. The van der Waals surface area contributed by atoms with Gasteiger partial charge in [0.05, 0.1) is 17.1 Å². The van der Waals surface area contributed by atoms with Gasteiger partial charge < -0.3 is 9.88 Å². The number of imidazole rings is 1. The Hall–Kier alpha value is -1.88. The Morgan fingerprint density at radius 3 is 2.67 bits per heavy atom. The molecule has 5 heteroatoms. The van der Waals surface area contributed by atoms with E-state index in [1.54, 1.807) is 6.92 Å². The van der Waals surface area contributed by atoms with Crippen molar-refractivity contribution in [1.29, 1.82) is 0 Å². The topological polar surface area (TPSA) is 52.2 Å². The van der Waals surface area contributed by atoms with Crippen LogP contribution in [0, 0.1) is 6.92 Å². The number of fused-ring (bicyclic) bond motifs is 1. The average Bonchev–Trinajstić information content (AvgIpc) is 2.89. The van der Waals surface area contributed by atoms with Crippen LogP contribution in [0.2, 0.25) is 0 Å². The van der Waals surface area contributed by atoms with Crippen molar-refractivity contribution in [2.45, 2.75) is 26.8 Å². The zero-order valence-electron chi connectivity index (χ0n) is 12.9. The first-order valence-electron chi connectivity index (χ1n) is 7.50. The summed E-state index contributed by atoms with van der Waals surface area (Å²) in [5, 5.41) is 0. The van der Waals surface area contributed by atoms with Gasteiger partial charge in [-0.15, -0.1) is 0 Å². The summed E-state index contributed by atoms with van der Waals surface area (Å²) in [7, 11) is 0. The van der Waals surface area contributed by atoms with Crippen LogP contribution in [-0.2, 0) is 4.79 Å². The number of benzene rings is 1. The maximum Gasteiger partial charge on any atom is 0.219 e. The summed E-state index contributed by atoms with van der Waals surface area (Å²) in [5.74, 6) is 1.17. The molecule has 0 radical (unpaired) electrons. The molecule has 0 aliphatic carbocycles. The molecule has 0 spiro atoms. The number of piperazine rings is 1. The Labute approximate surface area is 125 Å². The maximum atomic E-state index is 11.4. The van der Waals surface area contributed by atoms with Gasteiger partial charge in [-0.25, -0.2) is 4.98 Å². The Bertz CT molecular complexity index is 655. The van der Waals surface area contributed by atoms with Gasteiger partial charge in [-0.1, -0.05) is 6.07 Å². The highest BCUT2D eigenvalue weighted by Crippen LogP contribution is 2.22. The molecule has 1 fully saturated rings. The molecule has 1 atom stereocenters. The van der Waals surface area contributed by atoms with Crippen LogP contribution >= 0.6 is 0 Å². The third kappa shape index (κ3) is 2.78. The summed E-state index contributed by atoms with van der Waals surface area (Å²) in [6, 6.07) is 6.52. The fourth-order valence-corrected chi connectivity index (χ4v) is 2.94. The molecule has 1 N–H and O–H groups in total. The molecule has 3 rings (SSSR count). The number of rotatable bonds is 2. The van der Waals surface area contributed by atoms with Crippen molar-refractivity contribution < 1.29 is 4.79 Å². The number of nitrogens with zero attached hydrogens (tertiary/aromatic N) is 3. The first kappa shape index (κ1) is 14.1. The van der Waals surface area contributed by atoms with Gasteiger partial charge in [0.1, 0.15) is 5.82 Å². The molecule has 1 aliphatic rings. The van der Waals surface area contributed by atoms with Gasteiger partial charge in [0.25, 0.3) is 0 Å². The molecule has 1 aliphatic heterocycles. The van der Waals surface area contributed by atoms with E-state index in [2.05, 4.69) is 41.9 Å². The number of aromatic nitrogens is 2. The van der Waals surface area contributed by atoms with Crippen LogP contribution in [0.5, 0.6) is 0 Å². The molecule has 112 valence electrons. The van der Waals surface area contributed by atoms with Crippen molar-refractivity contribution in [2.75, 3.05) is 26.2 Å². The fraction of sp³-hybridized carbons (Fsp3) is 0.500. The summed E-state index contributed by atoms with van der Waals surface area (Å²) >= 11 is 0. The first-order chi connectivity index (χ1) is 10.0. The van der Waals surface area contributed by atoms with E-state index in [4.69, 9.17) is 4.98 Å². The predicted molar refractivity (Wildman–Crippen MR) is 83.1 cm³/mol. The minimum atomic E-state index is 0.168. The van der Waals surface area contributed by atoms with Crippen LogP contribution in [0.25, 0.3) is 11.0 Å². The lowest BCUT2D eigenvalue weighted by Crippen LogP contribution is -2.48. The van der Waals surface area contributed by atoms with E-state index in [1.807, 2.05) is 4.90 Å². The third-order valence-electron chi connectivity index (χ3n) is 4.36. The Morgan fingerprint density at radius 1 is 1.29 bits per heavy atom. The van der Waals surface area contributed by atoms with Crippen LogP contribution in [0.4, 0.5) is 0 Å². The van der Waals surface area contributed by atoms with Crippen molar-refractivity contribution >= 4 is 16.9 Å². The highest BCUT2D eigenvalue weighted by molar-refractivity contribution is 5.76. The largest absolute Gasteiger partial charge is 0.341 e. The first-order valence-corrected chi connectivity index (χ1v) is 7.50. The van der Waals surface area contributed by atoms with Crippen molar-refractivity contribution in [3.05, 3.63) is 29.6 Å². The quantitative estimate of drug-likeness (QED) is 0.920. The van der Waals surface area contributed by atoms with E-state index < -0.39 is 0 Å². The van der Waals surface area contributed by atoms with Crippen LogP contribution in [0.3, 0.4) is 0 Å². The smallest absolute Gasteiger partial charge is 0.219 e. The molecule has 0 bridgehead atoms. The molecule has 1 aromatic heterocycles. The molecule has 1 saturated heterocycles. The lowest BCUT2D eigenvalue weighted by molar-refractivity contribution is -0.130. The second kappa shape index (κ2) is 5.48. The SMILES string of the molecule is CC(=O)N1CCN(C(C)c2nc3ccc(C)cc3[nH]2)CC1. The molecule has 2 aromatic rings. The van der Waals surface area contributed by atoms with Crippen molar-refractivity contribution in [2.24, 2.45) is 0 Å². The van der Waals surface area contributed by atoms with Gasteiger partial charge in [0, 0.05) is 33.1 Å². The number of hydrogen-bond donors (Lipinski definition) is 1. The zero-order chi connectivity index (χ0) is 15.0. The fourth-order valence-electron chi connectivity index (χ4n) is 2.94. The summed E-state index contributed by atoms with van der Waals surface area (Å²) in [5.41, 5.74) is 3.35. The van der Waals surface area contributed by atoms with Crippen molar-refractivity contribution in [3.8, 4) is 0 Å². The molecule has 1 unspecified atom stereocenters. The van der Waals surface area contributed by atoms with Crippen LogP contribution in [0.1, 0.15) is 31.3 Å².